The lowest BCUT2D eigenvalue weighted by atomic mass is 9.92. The third-order valence-electron chi connectivity index (χ3n) is 7.07. The smallest absolute Gasteiger partial charge is 0.387 e. The molecule has 0 fully saturated rings. The molecule has 0 aliphatic heterocycles. The van der Waals surface area contributed by atoms with E-state index in [-0.39, 0.29) is 53.9 Å². The Balaban J connectivity index is 0.00000345. The second-order valence-electron chi connectivity index (χ2n) is 10.3. The molecule has 0 heterocycles. The van der Waals surface area contributed by atoms with Crippen LogP contribution in [0.3, 0.4) is 0 Å². The second kappa shape index (κ2) is 18.1. The highest BCUT2D eigenvalue weighted by Crippen LogP contribution is 2.28. The number of amides is 2. The molecule has 0 unspecified atom stereocenters. The molecule has 0 saturated heterocycles. The number of hydrogen-bond acceptors (Lipinski definition) is 6. The van der Waals surface area contributed by atoms with Gasteiger partial charge in [0.05, 0.1) is 12.2 Å². The molecule has 0 aromatic heterocycles. The number of rotatable bonds is 15. The van der Waals surface area contributed by atoms with Crippen molar-refractivity contribution in [3.63, 3.8) is 0 Å². The quantitative estimate of drug-likeness (QED) is 0.139. The summed E-state index contributed by atoms with van der Waals surface area (Å²) in [7, 11) is 3.13. The fraction of sp³-hybridized carbons (Fsp3) is 0.324. The van der Waals surface area contributed by atoms with E-state index in [1.54, 1.807) is 7.05 Å². The first kappa shape index (κ1) is 36.4. The number of halogens is 3. The minimum absolute atomic E-state index is 0.0214. The number of aldehydes is 1. The van der Waals surface area contributed by atoms with Crippen LogP contribution >= 0.6 is 0 Å². The van der Waals surface area contributed by atoms with E-state index in [4.69, 9.17) is 0 Å². The molecule has 3 rings (SSSR count). The van der Waals surface area contributed by atoms with Crippen molar-refractivity contribution >= 4 is 29.5 Å². The number of hydrogen-bond donors (Lipinski definition) is 3. The van der Waals surface area contributed by atoms with Gasteiger partial charge < -0.3 is 25.6 Å². The van der Waals surface area contributed by atoms with Crippen molar-refractivity contribution in [2.45, 2.75) is 52.3 Å². The summed E-state index contributed by atoms with van der Waals surface area (Å²) in [5.74, 6) is -1.32. The van der Waals surface area contributed by atoms with Crippen LogP contribution in [0.4, 0.5) is 24.5 Å². The first-order valence-corrected chi connectivity index (χ1v) is 14.2. The number of nitrogens with zero attached hydrogens (tertiary/aromatic N) is 1. The average Bonchev–Trinajstić information content (AvgIpc) is 3.01. The highest BCUT2D eigenvalue weighted by atomic mass is 19.3. The van der Waals surface area contributed by atoms with Gasteiger partial charge in [-0.3, -0.25) is 14.4 Å². The topological polar surface area (TPSA) is 99.8 Å². The predicted molar refractivity (Wildman–Crippen MR) is 170 cm³/mol. The molecule has 0 radical (unpaired) electrons. The summed E-state index contributed by atoms with van der Waals surface area (Å²) < 4.78 is 45.4. The van der Waals surface area contributed by atoms with Gasteiger partial charge in [0.1, 0.15) is 17.9 Å². The molecule has 0 aliphatic rings. The molecule has 0 bridgehead atoms. The molecule has 240 valence electrons. The zero-order valence-electron chi connectivity index (χ0n) is 25.8. The fourth-order valence-corrected chi connectivity index (χ4v) is 4.73. The normalized spacial score (nSPS) is 11.2. The van der Waals surface area contributed by atoms with E-state index in [0.717, 1.165) is 5.56 Å². The van der Waals surface area contributed by atoms with E-state index in [9.17, 15) is 27.6 Å². The lowest BCUT2D eigenvalue weighted by Gasteiger charge is -2.21. The van der Waals surface area contributed by atoms with Crippen molar-refractivity contribution in [1.29, 1.82) is 0 Å². The van der Waals surface area contributed by atoms with Crippen LogP contribution in [0, 0.1) is 25.6 Å². The molecule has 8 nitrogen and oxygen atoms in total. The Kier molecular flexibility index (Phi) is 14.6. The molecule has 3 aromatic carbocycles. The first-order valence-electron chi connectivity index (χ1n) is 14.2. The number of likely N-dealkylation sites (N-methyl/N-ethyl adjacent to an activating group) is 1. The Morgan fingerprint density at radius 2 is 1.78 bits per heavy atom. The van der Waals surface area contributed by atoms with Crippen molar-refractivity contribution in [2.24, 2.45) is 0 Å². The van der Waals surface area contributed by atoms with Crippen LogP contribution in [0.25, 0.3) is 0 Å². The van der Waals surface area contributed by atoms with Gasteiger partial charge >= 0.3 is 6.61 Å². The Morgan fingerprint density at radius 1 is 1.07 bits per heavy atom. The van der Waals surface area contributed by atoms with Crippen LogP contribution in [-0.4, -0.2) is 50.3 Å². The van der Waals surface area contributed by atoms with Crippen molar-refractivity contribution in [3.8, 4) is 18.6 Å². The lowest BCUT2D eigenvalue weighted by molar-refractivity contribution is -0.128. The van der Waals surface area contributed by atoms with E-state index in [1.807, 2.05) is 31.2 Å². The minimum atomic E-state index is -3.09. The zero-order valence-corrected chi connectivity index (χ0v) is 25.8. The maximum atomic E-state index is 14.6. The van der Waals surface area contributed by atoms with Crippen LogP contribution in [0.5, 0.6) is 5.75 Å². The van der Waals surface area contributed by atoms with Crippen molar-refractivity contribution in [1.82, 2.24) is 10.2 Å². The average molecular weight is 625 g/mol. The Labute approximate surface area is 262 Å². The summed E-state index contributed by atoms with van der Waals surface area (Å²) in [5.41, 5.74) is 3.67. The summed E-state index contributed by atoms with van der Waals surface area (Å²) >= 11 is 0. The SMILES string of the molecule is C#C.CNCc1cc(F)c(NCC(=O)N(C)Cc2cc(NC(=O)CC[C@H](C)c3ccccc3C)ccc2OC(F)F)cc1C=O. The molecule has 11 heteroatoms. The van der Waals surface area contributed by atoms with Gasteiger partial charge in [0, 0.05) is 43.4 Å². The number of anilines is 2. The molecular weight excluding hydrogens is 585 g/mol. The highest BCUT2D eigenvalue weighted by Gasteiger charge is 2.18. The minimum Gasteiger partial charge on any atom is -0.434 e. The van der Waals surface area contributed by atoms with Crippen LogP contribution in [-0.2, 0) is 22.7 Å². The number of carbonyl (C=O) groups excluding carboxylic acids is 3. The Hall–Kier alpha value is -4.82. The predicted octanol–water partition coefficient (Wildman–Crippen LogP) is 6.11. The van der Waals surface area contributed by atoms with E-state index in [2.05, 4.69) is 40.5 Å². The number of benzene rings is 3. The largest absolute Gasteiger partial charge is 0.434 e. The summed E-state index contributed by atoms with van der Waals surface area (Å²) in [4.78, 5) is 38.2. The monoisotopic (exact) mass is 624 g/mol. The number of aryl methyl sites for hydroxylation is 1. The summed E-state index contributed by atoms with van der Waals surface area (Å²) in [6.45, 7) is 0.837. The molecule has 0 spiro atoms. The summed E-state index contributed by atoms with van der Waals surface area (Å²) in [5, 5.41) is 8.34. The van der Waals surface area contributed by atoms with Gasteiger partial charge in [0.2, 0.25) is 11.8 Å². The molecule has 3 aromatic rings. The van der Waals surface area contributed by atoms with Crippen molar-refractivity contribution in [3.05, 3.63) is 88.2 Å². The lowest BCUT2D eigenvalue weighted by Crippen LogP contribution is -2.32. The molecule has 45 heavy (non-hydrogen) atoms. The van der Waals surface area contributed by atoms with Gasteiger partial charge in [-0.15, -0.1) is 12.8 Å². The van der Waals surface area contributed by atoms with Gasteiger partial charge in [-0.05, 0) is 73.3 Å². The van der Waals surface area contributed by atoms with Crippen molar-refractivity contribution in [2.75, 3.05) is 31.3 Å². The summed E-state index contributed by atoms with van der Waals surface area (Å²) in [6, 6.07) is 14.8. The molecular formula is C34H39F3N4O4. The fourth-order valence-electron chi connectivity index (χ4n) is 4.73. The highest BCUT2D eigenvalue weighted by molar-refractivity contribution is 5.91. The van der Waals surface area contributed by atoms with E-state index < -0.39 is 18.3 Å². The summed E-state index contributed by atoms with van der Waals surface area (Å²) in [6.07, 6.45) is 9.47. The standard InChI is InChI=1S/C32H37F3N4O4.C2H2/c1-20-7-5-6-8-26(20)21(2)9-12-30(41)38-25-10-11-29(43-32(34)35)23(13-25)18-39(4)31(42)17-37-28-15-24(19-40)22(16-36-3)14-27(28)33;1-2/h5-8,10-11,13-15,19,21,32,36-37H,9,12,16-18H2,1-4H3,(H,38,41);1-2H/t21-;/m0./s1. The second-order valence-corrected chi connectivity index (χ2v) is 10.3. The van der Waals surface area contributed by atoms with Gasteiger partial charge in [0.25, 0.3) is 0 Å². The number of nitrogens with one attached hydrogen (secondary N) is 3. The number of ether oxygens (including phenoxy) is 1. The third kappa shape index (κ3) is 11.0. The Morgan fingerprint density at radius 3 is 2.42 bits per heavy atom. The Bertz CT molecular complexity index is 1480. The molecule has 2 amide bonds. The van der Waals surface area contributed by atoms with Gasteiger partial charge in [-0.1, -0.05) is 31.2 Å². The van der Waals surface area contributed by atoms with Crippen molar-refractivity contribution < 1.29 is 32.3 Å². The van der Waals surface area contributed by atoms with Gasteiger partial charge in [-0.2, -0.15) is 8.78 Å². The molecule has 0 saturated carbocycles. The van der Waals surface area contributed by atoms with Crippen LogP contribution in [0.1, 0.15) is 58.3 Å². The van der Waals surface area contributed by atoms with E-state index >= 15 is 0 Å². The van der Waals surface area contributed by atoms with E-state index in [1.165, 1.54) is 47.8 Å². The van der Waals surface area contributed by atoms with Crippen LogP contribution < -0.4 is 20.7 Å². The number of alkyl halides is 2. The van der Waals surface area contributed by atoms with Crippen LogP contribution in [0.15, 0.2) is 54.6 Å². The number of terminal acetylenes is 1. The first-order chi connectivity index (χ1) is 21.5. The maximum absolute atomic E-state index is 14.6. The molecule has 0 aliphatic carbocycles. The van der Waals surface area contributed by atoms with Crippen LogP contribution in [0.2, 0.25) is 0 Å². The number of carbonyl (C=O) groups is 3. The molecule has 1 atom stereocenters. The zero-order chi connectivity index (χ0) is 33.5. The van der Waals surface area contributed by atoms with Gasteiger partial charge in [-0.25, -0.2) is 4.39 Å². The molecule has 3 N–H and O–H groups in total. The van der Waals surface area contributed by atoms with E-state index in [0.29, 0.717) is 30.5 Å². The van der Waals surface area contributed by atoms with Gasteiger partial charge in [0.15, 0.2) is 0 Å². The maximum Gasteiger partial charge on any atom is 0.387 e. The third-order valence-corrected chi connectivity index (χ3v) is 7.07.